The van der Waals surface area contributed by atoms with Crippen molar-refractivity contribution in [1.29, 1.82) is 0 Å². The summed E-state index contributed by atoms with van der Waals surface area (Å²) >= 11 is 0. The van der Waals surface area contributed by atoms with Crippen molar-refractivity contribution in [3.63, 3.8) is 0 Å². The van der Waals surface area contributed by atoms with Crippen molar-refractivity contribution in [2.24, 2.45) is 0 Å². The van der Waals surface area contributed by atoms with Crippen LogP contribution in [-0.4, -0.2) is 75.6 Å². The molecule has 50 heavy (non-hydrogen) atoms. The normalized spacial score (nSPS) is 14.0. The summed E-state index contributed by atoms with van der Waals surface area (Å²) in [6.45, 7) is 5.61. The van der Waals surface area contributed by atoms with Crippen LogP contribution >= 0.6 is 7.82 Å². The average molecular weight is 733 g/mol. The van der Waals surface area contributed by atoms with Gasteiger partial charge in [0.2, 0.25) is 0 Å². The fourth-order valence-corrected chi connectivity index (χ4v) is 6.52. The molecule has 0 aliphatic rings. The van der Waals surface area contributed by atoms with Crippen LogP contribution < -0.4 is 0 Å². The molecular weight excluding hydrogens is 649 g/mol. The predicted octanol–water partition coefficient (Wildman–Crippen LogP) is 11.9. The Bertz CT molecular complexity index is 817. The first-order valence-electron chi connectivity index (χ1n) is 20.9. The standard InChI is InChI=1S/C41H82NO7P/c1-6-8-10-12-14-16-17-18-19-20-21-22-23-24-25-26-27-29-31-33-36-46-38-40(39-48-50(44,45)47-37-35-42(3,4)5)49-41(43)34-32-30-28-15-13-11-9-7-2/h18-19,40H,6-17,20-39H2,1-5H3/p+1/b19-18-. The van der Waals surface area contributed by atoms with Gasteiger partial charge in [-0.3, -0.25) is 13.8 Å². The minimum atomic E-state index is -4.26. The molecule has 1 N–H and O–H groups in total. The number of rotatable bonds is 39. The van der Waals surface area contributed by atoms with Gasteiger partial charge in [-0.25, -0.2) is 4.57 Å². The Hall–Kier alpha value is -0.760. The number of ether oxygens (including phenoxy) is 2. The van der Waals surface area contributed by atoms with E-state index in [1.165, 1.54) is 135 Å². The Kier molecular flexibility index (Phi) is 34.7. The fraction of sp³-hybridized carbons (Fsp3) is 0.927. The molecule has 0 aliphatic carbocycles. The molecule has 0 aromatic carbocycles. The lowest BCUT2D eigenvalue weighted by molar-refractivity contribution is -0.870. The largest absolute Gasteiger partial charge is 0.472 e. The van der Waals surface area contributed by atoms with Crippen molar-refractivity contribution in [2.45, 2.75) is 193 Å². The highest BCUT2D eigenvalue weighted by molar-refractivity contribution is 7.47. The number of likely N-dealkylation sites (N-methyl/N-ethyl adjacent to an activating group) is 1. The number of unbranched alkanes of at least 4 members (excludes halogenated alkanes) is 23. The smallest absolute Gasteiger partial charge is 0.457 e. The molecule has 0 fully saturated rings. The summed E-state index contributed by atoms with van der Waals surface area (Å²) < 4.78 is 34.8. The zero-order valence-corrected chi connectivity index (χ0v) is 34.5. The first-order chi connectivity index (χ1) is 24.1. The third-order valence-electron chi connectivity index (χ3n) is 9.08. The second-order valence-corrected chi connectivity index (χ2v) is 16.8. The summed E-state index contributed by atoms with van der Waals surface area (Å²) in [7, 11) is 1.67. The highest BCUT2D eigenvalue weighted by atomic mass is 31.2. The van der Waals surface area contributed by atoms with Gasteiger partial charge in [-0.15, -0.1) is 0 Å². The number of carbonyl (C=O) groups is 1. The number of phosphoric ester groups is 1. The second kappa shape index (κ2) is 35.3. The van der Waals surface area contributed by atoms with Crippen molar-refractivity contribution in [3.8, 4) is 0 Å². The van der Waals surface area contributed by atoms with E-state index in [9.17, 15) is 14.3 Å². The molecule has 0 aromatic rings. The Morgan fingerprint density at radius 3 is 1.52 bits per heavy atom. The van der Waals surface area contributed by atoms with Crippen molar-refractivity contribution in [2.75, 3.05) is 54.1 Å². The summed E-state index contributed by atoms with van der Waals surface area (Å²) in [5.41, 5.74) is 0. The minimum Gasteiger partial charge on any atom is -0.457 e. The first-order valence-corrected chi connectivity index (χ1v) is 22.4. The van der Waals surface area contributed by atoms with Crippen LogP contribution in [0.4, 0.5) is 0 Å². The molecule has 0 rings (SSSR count). The first kappa shape index (κ1) is 49.2. The molecule has 0 aliphatic heterocycles. The van der Waals surface area contributed by atoms with E-state index >= 15 is 0 Å². The fourth-order valence-electron chi connectivity index (χ4n) is 5.78. The Balaban J connectivity index is 4.09. The van der Waals surface area contributed by atoms with E-state index in [2.05, 4.69) is 26.0 Å². The number of phosphoric acid groups is 1. The number of hydrogen-bond donors (Lipinski definition) is 1. The third-order valence-corrected chi connectivity index (χ3v) is 10.1. The molecule has 0 saturated carbocycles. The van der Waals surface area contributed by atoms with Crippen molar-refractivity contribution < 1.29 is 37.3 Å². The number of nitrogens with zero attached hydrogens (tertiary/aromatic N) is 1. The van der Waals surface area contributed by atoms with Crippen LogP contribution in [0.5, 0.6) is 0 Å². The van der Waals surface area contributed by atoms with E-state index in [-0.39, 0.29) is 25.8 Å². The van der Waals surface area contributed by atoms with Crippen LogP contribution in [0.1, 0.15) is 187 Å². The van der Waals surface area contributed by atoms with Gasteiger partial charge in [0.25, 0.3) is 0 Å². The van der Waals surface area contributed by atoms with E-state index in [1.54, 1.807) is 0 Å². The molecule has 0 saturated heterocycles. The lowest BCUT2D eigenvalue weighted by Gasteiger charge is -2.24. The highest BCUT2D eigenvalue weighted by Crippen LogP contribution is 2.43. The molecule has 0 aromatic heterocycles. The summed E-state index contributed by atoms with van der Waals surface area (Å²) in [6, 6.07) is 0. The zero-order chi connectivity index (χ0) is 37.0. The summed E-state index contributed by atoms with van der Waals surface area (Å²) in [4.78, 5) is 22.7. The number of hydrogen-bond acceptors (Lipinski definition) is 6. The van der Waals surface area contributed by atoms with Gasteiger partial charge in [0.15, 0.2) is 0 Å². The van der Waals surface area contributed by atoms with Gasteiger partial charge in [-0.05, 0) is 38.5 Å². The molecule has 298 valence electrons. The van der Waals surface area contributed by atoms with Crippen LogP contribution in [0.25, 0.3) is 0 Å². The number of esters is 1. The predicted molar refractivity (Wildman–Crippen MR) is 210 cm³/mol. The molecule has 0 heterocycles. The summed E-state index contributed by atoms with van der Waals surface area (Å²) in [5.74, 6) is -0.317. The van der Waals surface area contributed by atoms with Crippen LogP contribution in [0.3, 0.4) is 0 Å². The minimum absolute atomic E-state index is 0.0912. The maximum Gasteiger partial charge on any atom is 0.472 e. The van der Waals surface area contributed by atoms with E-state index < -0.39 is 13.9 Å². The Morgan fingerprint density at radius 2 is 1.04 bits per heavy atom. The molecule has 2 atom stereocenters. The van der Waals surface area contributed by atoms with Gasteiger partial charge in [0.1, 0.15) is 19.3 Å². The van der Waals surface area contributed by atoms with Gasteiger partial charge in [0.05, 0.1) is 34.4 Å². The quantitative estimate of drug-likeness (QED) is 0.0221. The van der Waals surface area contributed by atoms with Gasteiger partial charge < -0.3 is 18.9 Å². The number of quaternary nitrogens is 1. The molecule has 8 nitrogen and oxygen atoms in total. The van der Waals surface area contributed by atoms with Crippen molar-refractivity contribution >= 4 is 13.8 Å². The van der Waals surface area contributed by atoms with E-state index in [0.29, 0.717) is 24.1 Å². The molecule has 0 amide bonds. The van der Waals surface area contributed by atoms with Gasteiger partial charge in [-0.1, -0.05) is 154 Å². The molecular formula is C41H83NO7P+. The van der Waals surface area contributed by atoms with Crippen LogP contribution in [0.2, 0.25) is 0 Å². The number of carbonyl (C=O) groups excluding carboxylic acids is 1. The van der Waals surface area contributed by atoms with Crippen molar-refractivity contribution in [3.05, 3.63) is 12.2 Å². The van der Waals surface area contributed by atoms with Crippen molar-refractivity contribution in [1.82, 2.24) is 0 Å². The average Bonchev–Trinajstić information content (AvgIpc) is 3.06. The third kappa shape index (κ3) is 38.5. The topological polar surface area (TPSA) is 91.3 Å². The Morgan fingerprint density at radius 1 is 0.600 bits per heavy atom. The second-order valence-electron chi connectivity index (χ2n) is 15.4. The molecule has 0 radical (unpaired) electrons. The lowest BCUT2D eigenvalue weighted by atomic mass is 10.1. The molecule has 2 unspecified atom stereocenters. The maximum atomic E-state index is 12.6. The van der Waals surface area contributed by atoms with E-state index in [0.717, 1.165) is 32.1 Å². The molecule has 0 bridgehead atoms. The van der Waals surface area contributed by atoms with E-state index in [1.807, 2.05) is 21.1 Å². The maximum absolute atomic E-state index is 12.6. The summed E-state index contributed by atoms with van der Waals surface area (Å²) in [5, 5.41) is 0. The van der Waals surface area contributed by atoms with Crippen LogP contribution in [0, 0.1) is 0 Å². The Labute approximate surface area is 310 Å². The number of allylic oxidation sites excluding steroid dienone is 2. The van der Waals surface area contributed by atoms with Gasteiger partial charge >= 0.3 is 13.8 Å². The highest BCUT2D eigenvalue weighted by Gasteiger charge is 2.26. The van der Waals surface area contributed by atoms with Crippen LogP contribution in [0.15, 0.2) is 12.2 Å². The lowest BCUT2D eigenvalue weighted by Crippen LogP contribution is -2.37. The zero-order valence-electron chi connectivity index (χ0n) is 33.7. The van der Waals surface area contributed by atoms with Crippen LogP contribution in [-0.2, 0) is 27.9 Å². The van der Waals surface area contributed by atoms with Gasteiger partial charge in [-0.2, -0.15) is 0 Å². The summed E-state index contributed by atoms with van der Waals surface area (Å²) in [6.07, 6.45) is 36.8. The van der Waals surface area contributed by atoms with E-state index in [4.69, 9.17) is 18.5 Å². The van der Waals surface area contributed by atoms with Gasteiger partial charge in [0, 0.05) is 13.0 Å². The molecule has 9 heteroatoms. The molecule has 0 spiro atoms. The monoisotopic (exact) mass is 733 g/mol. The SMILES string of the molecule is CCCCCCCC/C=C\CCCCCCCCCCCCOCC(COP(=O)(O)OCC[N+](C)(C)C)OC(=O)CCCCCCCCCC.